The Labute approximate surface area is 174 Å². The summed E-state index contributed by atoms with van der Waals surface area (Å²) in [5.74, 6) is -0.0196. The van der Waals surface area contributed by atoms with E-state index in [2.05, 4.69) is 0 Å². The van der Waals surface area contributed by atoms with Crippen LogP contribution in [-0.2, 0) is 10.0 Å². The third-order valence-electron chi connectivity index (χ3n) is 5.16. The number of halogens is 1. The Morgan fingerprint density at radius 2 is 1.72 bits per heavy atom. The van der Waals surface area contributed by atoms with Gasteiger partial charge in [-0.1, -0.05) is 29.3 Å². The monoisotopic (exact) mass is 432 g/mol. The number of carbonyl (C=O) groups is 1. The average molecular weight is 433 g/mol. The minimum Gasteiger partial charge on any atom is -0.451 e. The Kier molecular flexibility index (Phi) is 5.14. The Morgan fingerprint density at radius 1 is 1.00 bits per heavy atom. The zero-order valence-electron chi connectivity index (χ0n) is 16.2. The summed E-state index contributed by atoms with van der Waals surface area (Å²) in [7, 11) is -3.59. The predicted molar refractivity (Wildman–Crippen MR) is 112 cm³/mol. The largest absolute Gasteiger partial charge is 0.451 e. The molecule has 1 fully saturated rings. The molecule has 1 aliphatic heterocycles. The van der Waals surface area contributed by atoms with Gasteiger partial charge < -0.3 is 9.32 Å². The van der Waals surface area contributed by atoms with Gasteiger partial charge in [-0.2, -0.15) is 4.31 Å². The maximum absolute atomic E-state index is 13.0. The number of nitrogens with zero attached hydrogens (tertiary/aromatic N) is 2. The number of furan rings is 1. The SMILES string of the molecule is Cc1ccc(S(=O)(=O)N2CCN(C(=O)c3cc4cc(Cl)ccc4o3)CC2)c(C)c1. The van der Waals surface area contributed by atoms with Gasteiger partial charge in [0.05, 0.1) is 4.90 Å². The lowest BCUT2D eigenvalue weighted by molar-refractivity contribution is 0.0668. The number of hydrogen-bond donors (Lipinski definition) is 0. The molecule has 4 rings (SSSR count). The van der Waals surface area contributed by atoms with E-state index in [-0.39, 0.29) is 24.8 Å². The van der Waals surface area contributed by atoms with Gasteiger partial charge in [0.15, 0.2) is 5.76 Å². The van der Waals surface area contributed by atoms with Gasteiger partial charge in [0, 0.05) is 36.6 Å². The van der Waals surface area contributed by atoms with Gasteiger partial charge >= 0.3 is 0 Å². The molecule has 6 nitrogen and oxygen atoms in total. The Bertz CT molecular complexity index is 1190. The van der Waals surface area contributed by atoms with Crippen molar-refractivity contribution in [3.8, 4) is 0 Å². The minimum atomic E-state index is -3.59. The first-order valence-corrected chi connectivity index (χ1v) is 11.1. The molecule has 2 heterocycles. The first kappa shape index (κ1) is 19.9. The summed E-state index contributed by atoms with van der Waals surface area (Å²) >= 11 is 5.99. The van der Waals surface area contributed by atoms with E-state index in [1.165, 1.54) is 4.31 Å². The molecule has 1 saturated heterocycles. The van der Waals surface area contributed by atoms with Gasteiger partial charge in [-0.15, -0.1) is 0 Å². The number of sulfonamides is 1. The fraction of sp³-hybridized carbons (Fsp3) is 0.286. The third kappa shape index (κ3) is 3.77. The molecule has 8 heteroatoms. The second-order valence-corrected chi connectivity index (χ2v) is 9.60. The van der Waals surface area contributed by atoms with E-state index in [4.69, 9.17) is 16.0 Å². The van der Waals surface area contributed by atoms with Crippen molar-refractivity contribution in [2.24, 2.45) is 0 Å². The third-order valence-corrected chi connectivity index (χ3v) is 7.46. The molecular formula is C21H21ClN2O4S. The van der Waals surface area contributed by atoms with Gasteiger partial charge in [0.2, 0.25) is 10.0 Å². The van der Waals surface area contributed by atoms with Crippen LogP contribution in [0, 0.1) is 13.8 Å². The molecule has 1 amide bonds. The molecule has 0 atom stereocenters. The predicted octanol–water partition coefficient (Wildman–Crippen LogP) is 3.85. The highest BCUT2D eigenvalue weighted by molar-refractivity contribution is 7.89. The molecule has 0 radical (unpaired) electrons. The number of hydrogen-bond acceptors (Lipinski definition) is 4. The fourth-order valence-corrected chi connectivity index (χ4v) is 5.44. The zero-order valence-corrected chi connectivity index (χ0v) is 17.8. The van der Waals surface area contributed by atoms with Gasteiger partial charge in [0.25, 0.3) is 5.91 Å². The lowest BCUT2D eigenvalue weighted by atomic mass is 10.2. The topological polar surface area (TPSA) is 70.8 Å². The van der Waals surface area contributed by atoms with E-state index < -0.39 is 10.0 Å². The van der Waals surface area contributed by atoms with Gasteiger partial charge in [-0.05, 0) is 49.7 Å². The number of amides is 1. The molecule has 29 heavy (non-hydrogen) atoms. The number of aryl methyl sites for hydroxylation is 2. The van der Waals surface area contributed by atoms with Crippen LogP contribution in [-0.4, -0.2) is 49.7 Å². The van der Waals surface area contributed by atoms with Crippen LogP contribution in [0.2, 0.25) is 5.02 Å². The van der Waals surface area contributed by atoms with E-state index in [1.54, 1.807) is 48.2 Å². The summed E-state index contributed by atoms with van der Waals surface area (Å²) in [4.78, 5) is 14.7. The maximum atomic E-state index is 13.0. The van der Waals surface area contributed by atoms with Crippen molar-refractivity contribution in [1.29, 1.82) is 0 Å². The van der Waals surface area contributed by atoms with Crippen LogP contribution < -0.4 is 0 Å². The Morgan fingerprint density at radius 3 is 2.41 bits per heavy atom. The summed E-state index contributed by atoms with van der Waals surface area (Å²) in [6.07, 6.45) is 0. The smallest absolute Gasteiger partial charge is 0.289 e. The highest BCUT2D eigenvalue weighted by Crippen LogP contribution is 2.25. The van der Waals surface area contributed by atoms with E-state index in [0.717, 1.165) is 16.5 Å². The summed E-state index contributed by atoms with van der Waals surface area (Å²) in [5, 5.41) is 1.33. The van der Waals surface area contributed by atoms with Crippen LogP contribution in [0.4, 0.5) is 0 Å². The summed E-state index contributed by atoms with van der Waals surface area (Å²) < 4.78 is 33.1. The van der Waals surface area contributed by atoms with Gasteiger partial charge in [0.1, 0.15) is 5.58 Å². The average Bonchev–Trinajstić information content (AvgIpc) is 3.10. The van der Waals surface area contributed by atoms with Crippen molar-refractivity contribution < 1.29 is 17.6 Å². The second kappa shape index (κ2) is 7.48. The number of carbonyl (C=O) groups excluding carboxylic acids is 1. The van der Waals surface area contributed by atoms with Crippen LogP contribution in [0.5, 0.6) is 0 Å². The lowest BCUT2D eigenvalue weighted by Crippen LogP contribution is -2.50. The van der Waals surface area contributed by atoms with Crippen molar-refractivity contribution in [3.05, 3.63) is 64.4 Å². The van der Waals surface area contributed by atoms with Crippen molar-refractivity contribution >= 4 is 38.5 Å². The number of benzene rings is 2. The summed E-state index contributed by atoms with van der Waals surface area (Å²) in [5.41, 5.74) is 2.34. The zero-order chi connectivity index (χ0) is 20.8. The van der Waals surface area contributed by atoms with E-state index in [0.29, 0.717) is 28.6 Å². The Balaban J connectivity index is 1.49. The molecule has 3 aromatic rings. The van der Waals surface area contributed by atoms with Crippen molar-refractivity contribution in [2.75, 3.05) is 26.2 Å². The fourth-order valence-electron chi connectivity index (χ4n) is 3.63. The van der Waals surface area contributed by atoms with Crippen LogP contribution in [0.15, 0.2) is 51.8 Å². The first-order valence-electron chi connectivity index (χ1n) is 9.31. The molecule has 0 spiro atoms. The van der Waals surface area contributed by atoms with Gasteiger partial charge in [-0.3, -0.25) is 4.79 Å². The number of fused-ring (bicyclic) bond motifs is 1. The lowest BCUT2D eigenvalue weighted by Gasteiger charge is -2.33. The van der Waals surface area contributed by atoms with Crippen molar-refractivity contribution in [3.63, 3.8) is 0 Å². The quantitative estimate of drug-likeness (QED) is 0.630. The molecule has 1 aliphatic rings. The molecule has 0 saturated carbocycles. The van der Waals surface area contributed by atoms with Crippen LogP contribution in [0.25, 0.3) is 11.0 Å². The normalized spacial score (nSPS) is 15.8. The van der Waals surface area contributed by atoms with Crippen molar-refractivity contribution in [1.82, 2.24) is 9.21 Å². The van der Waals surface area contributed by atoms with Crippen LogP contribution in [0.3, 0.4) is 0 Å². The molecule has 0 bridgehead atoms. The maximum Gasteiger partial charge on any atom is 0.289 e. The standard InChI is InChI=1S/C21H21ClN2O4S/c1-14-3-6-20(15(2)11-14)29(26,27)24-9-7-23(8-10-24)21(25)19-13-16-12-17(22)4-5-18(16)28-19/h3-6,11-13H,7-10H2,1-2H3. The number of piperazine rings is 1. The molecule has 0 aliphatic carbocycles. The highest BCUT2D eigenvalue weighted by Gasteiger charge is 2.32. The van der Waals surface area contributed by atoms with Crippen LogP contribution in [0.1, 0.15) is 21.7 Å². The molecule has 0 unspecified atom stereocenters. The highest BCUT2D eigenvalue weighted by atomic mass is 35.5. The van der Waals surface area contributed by atoms with Crippen molar-refractivity contribution in [2.45, 2.75) is 18.7 Å². The second-order valence-electron chi connectivity index (χ2n) is 7.26. The Hall–Kier alpha value is -2.35. The summed E-state index contributed by atoms with van der Waals surface area (Å²) in [6.45, 7) is 4.83. The van der Waals surface area contributed by atoms with E-state index >= 15 is 0 Å². The minimum absolute atomic E-state index is 0.230. The molecule has 0 N–H and O–H groups in total. The molecule has 2 aromatic carbocycles. The van der Waals surface area contributed by atoms with Crippen LogP contribution >= 0.6 is 11.6 Å². The van der Waals surface area contributed by atoms with Gasteiger partial charge in [-0.25, -0.2) is 8.42 Å². The molecule has 1 aromatic heterocycles. The summed E-state index contributed by atoms with van der Waals surface area (Å²) in [6, 6.07) is 12.2. The number of rotatable bonds is 3. The first-order chi connectivity index (χ1) is 13.8. The molecule has 152 valence electrons. The van der Waals surface area contributed by atoms with E-state index in [9.17, 15) is 13.2 Å². The van der Waals surface area contributed by atoms with E-state index in [1.807, 2.05) is 13.0 Å². The molecular weight excluding hydrogens is 412 g/mol.